The Hall–Kier alpha value is -2.70. The van der Waals surface area contributed by atoms with Gasteiger partial charge in [-0.05, 0) is 30.7 Å². The molecule has 23 heavy (non-hydrogen) atoms. The minimum atomic E-state index is -2.95. The molecule has 0 aliphatic heterocycles. The van der Waals surface area contributed by atoms with Gasteiger partial charge in [0.1, 0.15) is 11.6 Å². The van der Waals surface area contributed by atoms with Crippen molar-refractivity contribution in [3.05, 3.63) is 59.4 Å². The number of ether oxygens (including phenoxy) is 1. The maximum atomic E-state index is 13.6. The van der Waals surface area contributed by atoms with Crippen molar-refractivity contribution in [1.82, 2.24) is 5.32 Å². The topological polar surface area (TPSA) is 50.4 Å². The number of hydrogen-bond donors (Lipinski definition) is 2. The molecule has 0 spiro atoms. The normalized spacial score (nSPS) is 10.5. The van der Waals surface area contributed by atoms with Gasteiger partial charge in [-0.2, -0.15) is 8.78 Å². The second kappa shape index (κ2) is 7.53. The number of anilines is 1. The van der Waals surface area contributed by atoms with Crippen LogP contribution in [0.4, 0.5) is 23.7 Å². The number of carbonyl (C=O) groups excluding carboxylic acids is 1. The summed E-state index contributed by atoms with van der Waals surface area (Å²) in [4.78, 5) is 11.8. The number of para-hydroxylation sites is 1. The van der Waals surface area contributed by atoms with E-state index in [1.807, 2.05) is 0 Å². The molecule has 0 atom stereocenters. The Kier molecular flexibility index (Phi) is 5.46. The summed E-state index contributed by atoms with van der Waals surface area (Å²) in [6.45, 7) is -1.23. The molecule has 2 amide bonds. The van der Waals surface area contributed by atoms with E-state index in [2.05, 4.69) is 15.4 Å². The first kappa shape index (κ1) is 16.7. The molecule has 4 nitrogen and oxygen atoms in total. The van der Waals surface area contributed by atoms with E-state index in [1.54, 1.807) is 31.2 Å². The number of halogens is 3. The molecule has 0 aliphatic carbocycles. The fourth-order valence-corrected chi connectivity index (χ4v) is 1.94. The Morgan fingerprint density at radius 1 is 1.22 bits per heavy atom. The average molecular weight is 324 g/mol. The van der Waals surface area contributed by atoms with E-state index in [0.717, 1.165) is 5.56 Å². The highest BCUT2D eigenvalue weighted by Gasteiger charge is 2.11. The summed E-state index contributed by atoms with van der Waals surface area (Å²) in [5.74, 6) is -0.586. The van der Waals surface area contributed by atoms with Crippen LogP contribution in [0.2, 0.25) is 0 Å². The minimum Gasteiger partial charge on any atom is -0.434 e. The van der Waals surface area contributed by atoms with Crippen molar-refractivity contribution in [3.63, 3.8) is 0 Å². The Bertz CT molecular complexity index is 693. The summed E-state index contributed by atoms with van der Waals surface area (Å²) in [5.41, 5.74) is 1.21. The lowest BCUT2D eigenvalue weighted by Crippen LogP contribution is -2.28. The standard InChI is InChI=1S/C16H15F3N2O2/c1-10-6-7-12(17)13(8-10)21-16(22)20-9-11-4-2-3-5-14(11)23-15(18)19/h2-8,15H,9H2,1H3,(H2,20,21,22). The van der Waals surface area contributed by atoms with E-state index in [-0.39, 0.29) is 18.0 Å². The Balaban J connectivity index is 1.98. The summed E-state index contributed by atoms with van der Waals surface area (Å²) in [6.07, 6.45) is 0. The van der Waals surface area contributed by atoms with Crippen LogP contribution in [0.1, 0.15) is 11.1 Å². The molecule has 122 valence electrons. The molecule has 0 radical (unpaired) electrons. The monoisotopic (exact) mass is 324 g/mol. The van der Waals surface area contributed by atoms with Crippen LogP contribution in [0.5, 0.6) is 5.75 Å². The number of rotatable bonds is 5. The van der Waals surface area contributed by atoms with Gasteiger partial charge in [-0.3, -0.25) is 0 Å². The van der Waals surface area contributed by atoms with Gasteiger partial charge in [0.05, 0.1) is 5.69 Å². The van der Waals surface area contributed by atoms with Crippen LogP contribution < -0.4 is 15.4 Å². The SMILES string of the molecule is Cc1ccc(F)c(NC(=O)NCc2ccccc2OC(F)F)c1. The van der Waals surface area contributed by atoms with Crippen molar-refractivity contribution in [2.24, 2.45) is 0 Å². The largest absolute Gasteiger partial charge is 0.434 e. The number of alkyl halides is 2. The van der Waals surface area contributed by atoms with Crippen LogP contribution in [-0.2, 0) is 6.54 Å². The molecule has 0 aliphatic rings. The van der Waals surface area contributed by atoms with Crippen molar-refractivity contribution in [2.45, 2.75) is 20.1 Å². The van der Waals surface area contributed by atoms with Crippen molar-refractivity contribution in [3.8, 4) is 5.75 Å². The smallest absolute Gasteiger partial charge is 0.387 e. The van der Waals surface area contributed by atoms with E-state index in [4.69, 9.17) is 0 Å². The van der Waals surface area contributed by atoms with Crippen LogP contribution in [0, 0.1) is 12.7 Å². The van der Waals surface area contributed by atoms with Gasteiger partial charge in [-0.25, -0.2) is 9.18 Å². The summed E-state index contributed by atoms with van der Waals surface area (Å²) in [7, 11) is 0. The van der Waals surface area contributed by atoms with Crippen molar-refractivity contribution >= 4 is 11.7 Å². The Morgan fingerprint density at radius 2 is 1.96 bits per heavy atom. The molecule has 0 heterocycles. The zero-order valence-electron chi connectivity index (χ0n) is 12.3. The predicted molar refractivity (Wildman–Crippen MR) is 80.1 cm³/mol. The molecule has 0 unspecified atom stereocenters. The summed E-state index contributed by atoms with van der Waals surface area (Å²) >= 11 is 0. The molecule has 0 aromatic heterocycles. The summed E-state index contributed by atoms with van der Waals surface area (Å²) < 4.78 is 42.5. The molecular formula is C16H15F3N2O2. The van der Waals surface area contributed by atoms with Crippen LogP contribution >= 0.6 is 0 Å². The highest BCUT2D eigenvalue weighted by Crippen LogP contribution is 2.20. The second-order valence-electron chi connectivity index (χ2n) is 4.78. The fraction of sp³-hybridized carbons (Fsp3) is 0.188. The van der Waals surface area contributed by atoms with Crippen LogP contribution in [-0.4, -0.2) is 12.6 Å². The van der Waals surface area contributed by atoms with E-state index in [9.17, 15) is 18.0 Å². The summed E-state index contributed by atoms with van der Waals surface area (Å²) in [5, 5.41) is 4.83. The quantitative estimate of drug-likeness (QED) is 0.871. The first-order chi connectivity index (χ1) is 11.0. The van der Waals surface area contributed by atoms with Crippen LogP contribution in [0.3, 0.4) is 0 Å². The Morgan fingerprint density at radius 3 is 2.70 bits per heavy atom. The zero-order valence-corrected chi connectivity index (χ0v) is 12.3. The maximum Gasteiger partial charge on any atom is 0.387 e. The third-order valence-electron chi connectivity index (χ3n) is 3.00. The Labute approximate surface area is 131 Å². The molecule has 2 aromatic carbocycles. The van der Waals surface area contributed by atoms with Crippen molar-refractivity contribution in [2.75, 3.05) is 5.32 Å². The number of carbonyl (C=O) groups is 1. The molecule has 2 rings (SSSR count). The van der Waals surface area contributed by atoms with Gasteiger partial charge in [0.2, 0.25) is 0 Å². The number of aryl methyl sites for hydroxylation is 1. The van der Waals surface area contributed by atoms with E-state index < -0.39 is 18.5 Å². The molecule has 2 N–H and O–H groups in total. The first-order valence-corrected chi connectivity index (χ1v) is 6.79. The van der Waals surface area contributed by atoms with E-state index >= 15 is 0 Å². The average Bonchev–Trinajstić information content (AvgIpc) is 2.49. The number of hydrogen-bond acceptors (Lipinski definition) is 2. The molecule has 7 heteroatoms. The minimum absolute atomic E-state index is 0.0236. The maximum absolute atomic E-state index is 13.6. The second-order valence-corrected chi connectivity index (χ2v) is 4.78. The number of amides is 2. The lowest BCUT2D eigenvalue weighted by atomic mass is 10.2. The number of benzene rings is 2. The molecular weight excluding hydrogens is 309 g/mol. The lowest BCUT2D eigenvalue weighted by Gasteiger charge is -2.12. The van der Waals surface area contributed by atoms with Crippen LogP contribution in [0.15, 0.2) is 42.5 Å². The zero-order chi connectivity index (χ0) is 16.8. The first-order valence-electron chi connectivity index (χ1n) is 6.79. The predicted octanol–water partition coefficient (Wildman–Crippen LogP) is 4.06. The third-order valence-corrected chi connectivity index (χ3v) is 3.00. The van der Waals surface area contributed by atoms with E-state index in [0.29, 0.717) is 5.56 Å². The fourth-order valence-electron chi connectivity index (χ4n) is 1.94. The van der Waals surface area contributed by atoms with Gasteiger partial charge in [0.15, 0.2) is 0 Å². The van der Waals surface area contributed by atoms with Crippen LogP contribution in [0.25, 0.3) is 0 Å². The summed E-state index contributed by atoms with van der Waals surface area (Å²) in [6, 6.07) is 9.76. The number of nitrogens with one attached hydrogen (secondary N) is 2. The highest BCUT2D eigenvalue weighted by molar-refractivity contribution is 5.89. The van der Waals surface area contributed by atoms with Gasteiger partial charge < -0.3 is 15.4 Å². The lowest BCUT2D eigenvalue weighted by molar-refractivity contribution is -0.0504. The molecule has 0 saturated carbocycles. The van der Waals surface area contributed by atoms with E-state index in [1.165, 1.54) is 18.2 Å². The molecule has 2 aromatic rings. The number of urea groups is 1. The van der Waals surface area contributed by atoms with Crippen molar-refractivity contribution in [1.29, 1.82) is 0 Å². The molecule has 0 bridgehead atoms. The highest BCUT2D eigenvalue weighted by atomic mass is 19.3. The van der Waals surface area contributed by atoms with Gasteiger partial charge in [0.25, 0.3) is 0 Å². The molecule has 0 fully saturated rings. The van der Waals surface area contributed by atoms with Gasteiger partial charge in [-0.15, -0.1) is 0 Å². The van der Waals surface area contributed by atoms with Gasteiger partial charge in [0, 0.05) is 12.1 Å². The third kappa shape index (κ3) is 4.91. The van der Waals surface area contributed by atoms with Crippen molar-refractivity contribution < 1.29 is 22.7 Å². The van der Waals surface area contributed by atoms with Gasteiger partial charge in [-0.1, -0.05) is 24.3 Å². The molecule has 0 saturated heterocycles. The van der Waals surface area contributed by atoms with Gasteiger partial charge >= 0.3 is 12.6 Å².